The van der Waals surface area contributed by atoms with Crippen molar-refractivity contribution in [2.75, 3.05) is 28.4 Å². The van der Waals surface area contributed by atoms with Gasteiger partial charge in [0, 0.05) is 0 Å². The van der Waals surface area contributed by atoms with Crippen molar-refractivity contribution in [2.45, 2.75) is 27.1 Å². The first-order chi connectivity index (χ1) is 20.3. The summed E-state index contributed by atoms with van der Waals surface area (Å²) in [4.78, 5) is 23.5. The van der Waals surface area contributed by atoms with E-state index in [2.05, 4.69) is 0 Å². The highest BCUT2D eigenvalue weighted by atomic mass is 16.5. The zero-order valence-electron chi connectivity index (χ0n) is 24.8. The minimum absolute atomic E-state index is 0.0859. The molecule has 42 heavy (non-hydrogen) atoms. The molecule has 4 rings (SSSR count). The summed E-state index contributed by atoms with van der Waals surface area (Å²) in [7, 11) is 6.33. The number of hydrogen-bond acceptors (Lipinski definition) is 8. The lowest BCUT2D eigenvalue weighted by molar-refractivity contribution is 0.0996. The molecular formula is C34H36O8. The maximum absolute atomic E-state index is 11.8. The summed E-state index contributed by atoms with van der Waals surface area (Å²) >= 11 is 0. The maximum Gasteiger partial charge on any atom is 0.167 e. The van der Waals surface area contributed by atoms with Gasteiger partial charge in [0.2, 0.25) is 0 Å². The molecule has 0 saturated heterocycles. The van der Waals surface area contributed by atoms with Crippen LogP contribution in [0.3, 0.4) is 0 Å². The molecule has 0 bridgehead atoms. The minimum atomic E-state index is -0.0859. The van der Waals surface area contributed by atoms with E-state index in [9.17, 15) is 9.59 Å². The second kappa shape index (κ2) is 15.7. The van der Waals surface area contributed by atoms with Gasteiger partial charge >= 0.3 is 0 Å². The van der Waals surface area contributed by atoms with Gasteiger partial charge in [0.25, 0.3) is 0 Å². The Hall–Kier alpha value is -4.98. The van der Waals surface area contributed by atoms with Gasteiger partial charge in [0.15, 0.2) is 11.6 Å². The number of carbonyl (C=O) groups excluding carboxylic acids is 2. The van der Waals surface area contributed by atoms with Crippen LogP contribution in [0.5, 0.6) is 34.5 Å². The van der Waals surface area contributed by atoms with Crippen LogP contribution in [-0.4, -0.2) is 40.0 Å². The summed E-state index contributed by atoms with van der Waals surface area (Å²) in [5.74, 6) is 3.52. The lowest BCUT2D eigenvalue weighted by Gasteiger charge is -2.13. The molecule has 0 aromatic heterocycles. The van der Waals surface area contributed by atoms with E-state index in [0.717, 1.165) is 22.6 Å². The molecule has 4 aromatic rings. The third-order valence-corrected chi connectivity index (χ3v) is 6.23. The van der Waals surface area contributed by atoms with E-state index in [1.807, 2.05) is 48.5 Å². The average Bonchev–Trinajstić information content (AvgIpc) is 3.02. The standard InChI is InChI=1S/2C17H18O4/c2*1-12(18)17-15(20-3)5-4-6-16(17)21-11-13-7-9-14(19-2)10-8-13/h2*4-10H,11H2,1-3H3. The number of Topliss-reactive ketones (excluding diaryl/α,β-unsaturated/α-hetero) is 2. The second-order valence-corrected chi connectivity index (χ2v) is 9.05. The summed E-state index contributed by atoms with van der Waals surface area (Å²) in [6, 6.07) is 25.8. The summed E-state index contributed by atoms with van der Waals surface area (Å²) in [5, 5.41) is 0. The third kappa shape index (κ3) is 8.51. The Morgan fingerprint density at radius 1 is 0.476 bits per heavy atom. The van der Waals surface area contributed by atoms with Crippen LogP contribution in [0, 0.1) is 0 Å². The number of methoxy groups -OCH3 is 4. The van der Waals surface area contributed by atoms with Gasteiger partial charge in [-0.05, 0) is 73.5 Å². The van der Waals surface area contributed by atoms with Gasteiger partial charge in [-0.2, -0.15) is 0 Å². The summed E-state index contributed by atoms with van der Waals surface area (Å²) in [5.41, 5.74) is 2.92. The van der Waals surface area contributed by atoms with E-state index in [1.165, 1.54) is 28.1 Å². The van der Waals surface area contributed by atoms with Crippen LogP contribution in [0.25, 0.3) is 0 Å². The van der Waals surface area contributed by atoms with Crippen LogP contribution in [0.15, 0.2) is 84.9 Å². The molecular weight excluding hydrogens is 536 g/mol. The van der Waals surface area contributed by atoms with Gasteiger partial charge in [-0.25, -0.2) is 0 Å². The molecule has 0 aliphatic rings. The van der Waals surface area contributed by atoms with Crippen LogP contribution >= 0.6 is 0 Å². The maximum atomic E-state index is 11.8. The number of ketones is 2. The Morgan fingerprint density at radius 3 is 1.10 bits per heavy atom. The highest BCUT2D eigenvalue weighted by Gasteiger charge is 2.16. The average molecular weight is 573 g/mol. The Bertz CT molecular complexity index is 1350. The molecule has 0 fully saturated rings. The van der Waals surface area contributed by atoms with E-state index < -0.39 is 0 Å². The molecule has 0 spiro atoms. The zero-order chi connectivity index (χ0) is 30.5. The number of ether oxygens (including phenoxy) is 6. The van der Waals surface area contributed by atoms with Crippen molar-refractivity contribution in [2.24, 2.45) is 0 Å². The van der Waals surface area contributed by atoms with E-state index in [0.29, 0.717) is 47.3 Å². The van der Waals surface area contributed by atoms with E-state index in [4.69, 9.17) is 28.4 Å². The predicted molar refractivity (Wildman–Crippen MR) is 161 cm³/mol. The molecule has 0 saturated carbocycles. The first-order valence-electron chi connectivity index (χ1n) is 13.2. The molecule has 220 valence electrons. The van der Waals surface area contributed by atoms with Crippen LogP contribution in [0.2, 0.25) is 0 Å². The number of benzene rings is 4. The van der Waals surface area contributed by atoms with Crippen LogP contribution < -0.4 is 28.4 Å². The van der Waals surface area contributed by atoms with Gasteiger partial charge in [-0.15, -0.1) is 0 Å². The molecule has 8 nitrogen and oxygen atoms in total. The molecule has 0 aliphatic carbocycles. The van der Waals surface area contributed by atoms with Crippen LogP contribution in [0.4, 0.5) is 0 Å². The summed E-state index contributed by atoms with van der Waals surface area (Å²) < 4.78 is 32.2. The monoisotopic (exact) mass is 572 g/mol. The fourth-order valence-corrected chi connectivity index (χ4v) is 4.06. The predicted octanol–water partition coefficient (Wildman–Crippen LogP) is 6.97. The summed E-state index contributed by atoms with van der Waals surface area (Å²) in [6.07, 6.45) is 0. The second-order valence-electron chi connectivity index (χ2n) is 9.05. The van der Waals surface area contributed by atoms with Crippen molar-refractivity contribution in [1.29, 1.82) is 0 Å². The minimum Gasteiger partial charge on any atom is -0.497 e. The van der Waals surface area contributed by atoms with Gasteiger partial charge in [-0.3, -0.25) is 9.59 Å². The lowest BCUT2D eigenvalue weighted by Crippen LogP contribution is -2.04. The Balaban J connectivity index is 0.000000230. The first kappa shape index (κ1) is 31.5. The quantitative estimate of drug-likeness (QED) is 0.168. The molecule has 0 amide bonds. The molecule has 0 N–H and O–H groups in total. The third-order valence-electron chi connectivity index (χ3n) is 6.23. The SMILES string of the molecule is COc1ccc(COc2cccc(OC)c2C(C)=O)cc1.COc1ccc(COc2cccc(OC)c2C(C)=O)cc1. The fraction of sp³-hybridized carbons (Fsp3) is 0.235. The molecule has 0 heterocycles. The van der Waals surface area contributed by atoms with Crippen molar-refractivity contribution in [3.8, 4) is 34.5 Å². The van der Waals surface area contributed by atoms with E-state index >= 15 is 0 Å². The number of hydrogen-bond donors (Lipinski definition) is 0. The fourth-order valence-electron chi connectivity index (χ4n) is 4.06. The number of rotatable bonds is 12. The molecule has 0 atom stereocenters. The van der Waals surface area contributed by atoms with Crippen molar-refractivity contribution >= 4 is 11.6 Å². The van der Waals surface area contributed by atoms with Gasteiger partial charge < -0.3 is 28.4 Å². The van der Waals surface area contributed by atoms with Crippen molar-refractivity contribution < 1.29 is 38.0 Å². The Kier molecular flexibility index (Phi) is 11.8. The first-order valence-corrected chi connectivity index (χ1v) is 13.2. The van der Waals surface area contributed by atoms with Crippen LogP contribution in [0.1, 0.15) is 45.7 Å². The highest BCUT2D eigenvalue weighted by molar-refractivity contribution is 6.00. The van der Waals surface area contributed by atoms with Crippen molar-refractivity contribution in [3.63, 3.8) is 0 Å². The Morgan fingerprint density at radius 2 is 0.810 bits per heavy atom. The Labute approximate surface area is 246 Å². The topological polar surface area (TPSA) is 89.5 Å². The molecule has 4 aromatic carbocycles. The molecule has 0 unspecified atom stereocenters. The van der Waals surface area contributed by atoms with Crippen molar-refractivity contribution in [1.82, 2.24) is 0 Å². The highest BCUT2D eigenvalue weighted by Crippen LogP contribution is 2.30. The smallest absolute Gasteiger partial charge is 0.167 e. The summed E-state index contributed by atoms with van der Waals surface area (Å²) in [6.45, 7) is 3.74. The van der Waals surface area contributed by atoms with Crippen LogP contribution in [-0.2, 0) is 13.2 Å². The van der Waals surface area contributed by atoms with Crippen molar-refractivity contribution in [3.05, 3.63) is 107 Å². The van der Waals surface area contributed by atoms with E-state index in [1.54, 1.807) is 50.6 Å². The zero-order valence-corrected chi connectivity index (χ0v) is 24.8. The molecule has 0 radical (unpaired) electrons. The molecule has 0 aliphatic heterocycles. The molecule has 8 heteroatoms. The largest absolute Gasteiger partial charge is 0.497 e. The lowest BCUT2D eigenvalue weighted by atomic mass is 10.1. The number of carbonyl (C=O) groups is 2. The normalized spacial score (nSPS) is 10.0. The van der Waals surface area contributed by atoms with Gasteiger partial charge in [0.1, 0.15) is 58.8 Å². The van der Waals surface area contributed by atoms with Gasteiger partial charge in [0.05, 0.1) is 28.4 Å². The van der Waals surface area contributed by atoms with Gasteiger partial charge in [-0.1, -0.05) is 36.4 Å². The van der Waals surface area contributed by atoms with E-state index in [-0.39, 0.29) is 11.6 Å².